The summed E-state index contributed by atoms with van der Waals surface area (Å²) < 4.78 is 1.02. The fourth-order valence-corrected chi connectivity index (χ4v) is 3.03. The molecule has 0 bridgehead atoms. The van der Waals surface area contributed by atoms with Crippen molar-refractivity contribution >= 4 is 39.2 Å². The molecular formula is C10H11BrN2O2S. The van der Waals surface area contributed by atoms with Crippen LogP contribution in [0, 0.1) is 0 Å². The third-order valence-electron chi connectivity index (χ3n) is 2.64. The molecule has 1 saturated heterocycles. The van der Waals surface area contributed by atoms with E-state index in [9.17, 15) is 9.59 Å². The smallest absolute Gasteiger partial charge is 0.305 e. The van der Waals surface area contributed by atoms with Crippen LogP contribution in [0.1, 0.15) is 18.7 Å². The predicted octanol–water partition coefficient (Wildman–Crippen LogP) is 2.34. The fourth-order valence-electron chi connectivity index (χ4n) is 1.56. The van der Waals surface area contributed by atoms with Gasteiger partial charge in [0.15, 0.2) is 0 Å². The molecule has 4 nitrogen and oxygen atoms in total. The Kier molecular flexibility index (Phi) is 2.79. The number of hydrogen-bond acceptors (Lipinski definition) is 3. The van der Waals surface area contributed by atoms with Gasteiger partial charge in [0.2, 0.25) is 0 Å². The van der Waals surface area contributed by atoms with Crippen LogP contribution >= 0.6 is 27.3 Å². The van der Waals surface area contributed by atoms with Crippen molar-refractivity contribution < 1.29 is 9.59 Å². The van der Waals surface area contributed by atoms with Crippen LogP contribution in [0.15, 0.2) is 15.9 Å². The number of imide groups is 1. The maximum atomic E-state index is 11.6. The Morgan fingerprint density at radius 2 is 2.12 bits per heavy atom. The molecule has 2 heterocycles. The Hall–Kier alpha value is -0.880. The van der Waals surface area contributed by atoms with Crippen LogP contribution in [-0.4, -0.2) is 22.4 Å². The molecule has 86 valence electrons. The summed E-state index contributed by atoms with van der Waals surface area (Å²) in [6, 6.07) is 3.56. The van der Waals surface area contributed by atoms with Crippen LogP contribution in [0.3, 0.4) is 0 Å². The first-order chi connectivity index (χ1) is 7.41. The van der Waals surface area contributed by atoms with E-state index in [0.29, 0.717) is 6.54 Å². The monoisotopic (exact) mass is 302 g/mol. The lowest BCUT2D eigenvalue weighted by molar-refractivity contribution is -0.125. The largest absolute Gasteiger partial charge is 0.325 e. The van der Waals surface area contributed by atoms with E-state index in [1.807, 2.05) is 12.1 Å². The number of rotatable bonds is 2. The van der Waals surface area contributed by atoms with Gasteiger partial charge in [-0.25, -0.2) is 4.79 Å². The van der Waals surface area contributed by atoms with E-state index in [0.717, 1.165) is 8.66 Å². The van der Waals surface area contributed by atoms with E-state index in [2.05, 4.69) is 21.2 Å². The van der Waals surface area contributed by atoms with Gasteiger partial charge in [-0.1, -0.05) is 0 Å². The van der Waals surface area contributed by atoms with E-state index < -0.39 is 5.54 Å². The molecule has 1 aliphatic rings. The van der Waals surface area contributed by atoms with Crippen molar-refractivity contribution in [2.75, 3.05) is 0 Å². The van der Waals surface area contributed by atoms with Crippen LogP contribution in [0.2, 0.25) is 0 Å². The average molecular weight is 303 g/mol. The minimum Gasteiger partial charge on any atom is -0.305 e. The number of hydrogen-bond donors (Lipinski definition) is 1. The van der Waals surface area contributed by atoms with Crippen LogP contribution in [0.4, 0.5) is 4.79 Å². The standard InChI is InChI=1S/C10H11BrN2O2S/c1-10(2)8(14)12-9(15)13(10)5-6-3-4-7(11)16-6/h3-4H,5H2,1-2H3,(H,12,14,15). The van der Waals surface area contributed by atoms with Crippen LogP contribution in [-0.2, 0) is 11.3 Å². The summed E-state index contributed by atoms with van der Waals surface area (Å²) >= 11 is 4.93. The number of nitrogens with zero attached hydrogens (tertiary/aromatic N) is 1. The van der Waals surface area contributed by atoms with Gasteiger partial charge in [-0.2, -0.15) is 0 Å². The van der Waals surface area contributed by atoms with Gasteiger partial charge in [0.1, 0.15) is 5.54 Å². The molecule has 0 atom stereocenters. The highest BCUT2D eigenvalue weighted by Gasteiger charge is 2.45. The minimum atomic E-state index is -0.770. The summed E-state index contributed by atoms with van der Waals surface area (Å²) in [6.45, 7) is 3.95. The molecule has 1 aliphatic heterocycles. The fraction of sp³-hybridized carbons (Fsp3) is 0.400. The van der Waals surface area contributed by atoms with Gasteiger partial charge in [-0.05, 0) is 41.9 Å². The van der Waals surface area contributed by atoms with Crippen molar-refractivity contribution in [1.82, 2.24) is 10.2 Å². The van der Waals surface area contributed by atoms with E-state index in [1.54, 1.807) is 30.1 Å². The molecule has 1 fully saturated rings. The van der Waals surface area contributed by atoms with E-state index >= 15 is 0 Å². The highest BCUT2D eigenvalue weighted by atomic mass is 79.9. The number of carbonyl (C=O) groups excluding carboxylic acids is 2. The summed E-state index contributed by atoms with van der Waals surface area (Å²) in [5, 5.41) is 2.33. The summed E-state index contributed by atoms with van der Waals surface area (Å²) in [6.07, 6.45) is 0. The molecule has 0 radical (unpaired) electrons. The third kappa shape index (κ3) is 1.87. The molecular weight excluding hydrogens is 292 g/mol. The first kappa shape index (κ1) is 11.6. The molecule has 0 spiro atoms. The summed E-state index contributed by atoms with van der Waals surface area (Å²) in [5.41, 5.74) is -0.770. The molecule has 1 N–H and O–H groups in total. The molecule has 2 rings (SSSR count). The Morgan fingerprint density at radius 3 is 2.56 bits per heavy atom. The van der Waals surface area contributed by atoms with E-state index in [-0.39, 0.29) is 11.9 Å². The second kappa shape index (κ2) is 3.85. The zero-order valence-corrected chi connectivity index (χ0v) is 11.3. The van der Waals surface area contributed by atoms with Crippen molar-refractivity contribution in [3.05, 3.63) is 20.8 Å². The number of thiophene rings is 1. The van der Waals surface area contributed by atoms with Crippen molar-refractivity contribution in [2.45, 2.75) is 25.9 Å². The van der Waals surface area contributed by atoms with Crippen LogP contribution < -0.4 is 5.32 Å². The molecule has 3 amide bonds. The number of halogens is 1. The molecule has 1 aromatic rings. The molecule has 0 aromatic carbocycles. The van der Waals surface area contributed by atoms with Crippen molar-refractivity contribution in [1.29, 1.82) is 0 Å². The highest BCUT2D eigenvalue weighted by molar-refractivity contribution is 9.11. The summed E-state index contributed by atoms with van der Waals surface area (Å²) in [7, 11) is 0. The van der Waals surface area contributed by atoms with Crippen molar-refractivity contribution in [2.24, 2.45) is 0 Å². The van der Waals surface area contributed by atoms with Crippen LogP contribution in [0.5, 0.6) is 0 Å². The van der Waals surface area contributed by atoms with Gasteiger partial charge >= 0.3 is 6.03 Å². The maximum Gasteiger partial charge on any atom is 0.325 e. The Labute approximate surface area is 106 Å². The van der Waals surface area contributed by atoms with Gasteiger partial charge in [0.25, 0.3) is 5.91 Å². The maximum absolute atomic E-state index is 11.6. The Bertz CT molecular complexity index is 455. The van der Waals surface area contributed by atoms with Gasteiger partial charge in [-0.15, -0.1) is 11.3 Å². The summed E-state index contributed by atoms with van der Waals surface area (Å²) in [4.78, 5) is 25.7. The molecule has 0 aliphatic carbocycles. The molecule has 6 heteroatoms. The highest BCUT2D eigenvalue weighted by Crippen LogP contribution is 2.28. The lowest BCUT2D eigenvalue weighted by Gasteiger charge is -2.27. The number of amides is 3. The quantitative estimate of drug-likeness (QED) is 0.853. The van der Waals surface area contributed by atoms with Gasteiger partial charge in [-0.3, -0.25) is 10.1 Å². The van der Waals surface area contributed by atoms with Gasteiger partial charge in [0, 0.05) is 4.88 Å². The van der Waals surface area contributed by atoms with Crippen molar-refractivity contribution in [3.63, 3.8) is 0 Å². The third-order valence-corrected chi connectivity index (χ3v) is 4.25. The topological polar surface area (TPSA) is 49.4 Å². The normalized spacial score (nSPS) is 19.1. The number of urea groups is 1. The molecule has 16 heavy (non-hydrogen) atoms. The zero-order chi connectivity index (χ0) is 11.9. The first-order valence-electron chi connectivity index (χ1n) is 4.78. The minimum absolute atomic E-state index is 0.242. The second-order valence-corrected chi connectivity index (χ2v) is 6.66. The predicted molar refractivity (Wildman–Crippen MR) is 65.2 cm³/mol. The summed E-state index contributed by atoms with van der Waals surface area (Å²) in [5.74, 6) is -0.242. The van der Waals surface area contributed by atoms with Crippen molar-refractivity contribution in [3.8, 4) is 0 Å². The average Bonchev–Trinajstić information content (AvgIpc) is 2.66. The lowest BCUT2D eigenvalue weighted by Crippen LogP contribution is -2.43. The Morgan fingerprint density at radius 1 is 1.44 bits per heavy atom. The van der Waals surface area contributed by atoms with Gasteiger partial charge in [0.05, 0.1) is 10.3 Å². The SMILES string of the molecule is CC1(C)C(=O)NC(=O)N1Cc1ccc(Br)s1. The first-order valence-corrected chi connectivity index (χ1v) is 6.39. The van der Waals surface area contributed by atoms with E-state index in [4.69, 9.17) is 0 Å². The number of nitrogens with one attached hydrogen (secondary N) is 1. The van der Waals surface area contributed by atoms with Crippen LogP contribution in [0.25, 0.3) is 0 Å². The lowest BCUT2D eigenvalue weighted by atomic mass is 10.0. The molecule has 0 saturated carbocycles. The zero-order valence-electron chi connectivity index (χ0n) is 8.91. The van der Waals surface area contributed by atoms with E-state index in [1.165, 1.54) is 0 Å². The second-order valence-electron chi connectivity index (χ2n) is 4.11. The Balaban J connectivity index is 2.21. The van der Waals surface area contributed by atoms with Gasteiger partial charge < -0.3 is 4.90 Å². The molecule has 0 unspecified atom stereocenters. The molecule has 1 aromatic heterocycles. The number of carbonyl (C=O) groups is 2.